The Morgan fingerprint density at radius 3 is 2.67 bits per heavy atom. The van der Waals surface area contributed by atoms with Gasteiger partial charge in [-0.05, 0) is 38.2 Å². The van der Waals surface area contributed by atoms with Crippen molar-refractivity contribution in [2.24, 2.45) is 0 Å². The summed E-state index contributed by atoms with van der Waals surface area (Å²) in [5, 5.41) is 8.09. The van der Waals surface area contributed by atoms with Gasteiger partial charge in [0, 0.05) is 11.4 Å². The van der Waals surface area contributed by atoms with Gasteiger partial charge in [-0.25, -0.2) is 9.47 Å². The van der Waals surface area contributed by atoms with Crippen LogP contribution in [-0.2, 0) is 19.4 Å². The first-order valence-corrected chi connectivity index (χ1v) is 8.69. The molecule has 0 atom stereocenters. The lowest BCUT2D eigenvalue weighted by molar-refractivity contribution is 0.554. The monoisotopic (exact) mass is 343 g/mol. The quantitative estimate of drug-likeness (QED) is 0.677. The predicted octanol–water partition coefficient (Wildman–Crippen LogP) is 1.58. The summed E-state index contributed by atoms with van der Waals surface area (Å²) in [6.45, 7) is 6.18. The molecule has 0 N–H and O–H groups in total. The van der Waals surface area contributed by atoms with Crippen LogP contribution in [0, 0.1) is 0 Å². The normalized spacial score (nSPS) is 14.0. The number of nitrogens with zero attached hydrogens (tertiary/aromatic N) is 5. The van der Waals surface area contributed by atoms with Gasteiger partial charge in [0.05, 0.1) is 5.39 Å². The molecule has 124 valence electrons. The van der Waals surface area contributed by atoms with E-state index in [2.05, 4.69) is 16.8 Å². The van der Waals surface area contributed by atoms with Crippen molar-refractivity contribution < 1.29 is 0 Å². The van der Waals surface area contributed by atoms with Gasteiger partial charge in [-0.1, -0.05) is 12.2 Å². The van der Waals surface area contributed by atoms with Crippen LogP contribution in [0.15, 0.2) is 34.4 Å². The molecule has 4 rings (SSSR count). The van der Waals surface area contributed by atoms with Crippen molar-refractivity contribution >= 4 is 21.6 Å². The minimum atomic E-state index is -0.395. The van der Waals surface area contributed by atoms with E-state index in [1.807, 2.05) is 6.92 Å². The fourth-order valence-electron chi connectivity index (χ4n) is 3.27. The Bertz CT molecular complexity index is 1050. The average molecular weight is 343 g/mol. The zero-order chi connectivity index (χ0) is 16.8. The summed E-state index contributed by atoms with van der Waals surface area (Å²) < 4.78 is 4.08. The summed E-state index contributed by atoms with van der Waals surface area (Å²) in [6, 6.07) is 0. The van der Waals surface area contributed by atoms with Gasteiger partial charge in [0.2, 0.25) is 0 Å². The SMILES string of the molecule is C=C(C)Cn1c(=O)n(-n2cnnc2)c(=O)c2c3c(sc21)CCCC3. The molecule has 0 bridgehead atoms. The highest BCUT2D eigenvalue weighted by molar-refractivity contribution is 7.18. The number of hydrogen-bond acceptors (Lipinski definition) is 5. The fraction of sp³-hybridized carbons (Fsp3) is 0.375. The van der Waals surface area contributed by atoms with E-state index >= 15 is 0 Å². The minimum Gasteiger partial charge on any atom is -0.279 e. The number of thiophene rings is 1. The van der Waals surface area contributed by atoms with Crippen molar-refractivity contribution in [3.05, 3.63) is 56.1 Å². The Kier molecular flexibility index (Phi) is 3.49. The van der Waals surface area contributed by atoms with Crippen molar-refractivity contribution in [1.82, 2.24) is 24.1 Å². The number of allylic oxidation sites excluding steroid dienone is 1. The van der Waals surface area contributed by atoms with Crippen molar-refractivity contribution in [3.63, 3.8) is 0 Å². The zero-order valence-electron chi connectivity index (χ0n) is 13.4. The van der Waals surface area contributed by atoms with Crippen molar-refractivity contribution in [2.45, 2.75) is 39.2 Å². The van der Waals surface area contributed by atoms with Gasteiger partial charge < -0.3 is 0 Å². The van der Waals surface area contributed by atoms with Crippen LogP contribution < -0.4 is 11.2 Å². The molecule has 24 heavy (non-hydrogen) atoms. The lowest BCUT2D eigenvalue weighted by Crippen LogP contribution is -2.43. The molecular formula is C16H17N5O2S. The van der Waals surface area contributed by atoms with Crippen LogP contribution in [-0.4, -0.2) is 24.1 Å². The van der Waals surface area contributed by atoms with E-state index in [0.29, 0.717) is 11.9 Å². The van der Waals surface area contributed by atoms with Crippen LogP contribution in [0.5, 0.6) is 0 Å². The maximum Gasteiger partial charge on any atom is 0.352 e. The van der Waals surface area contributed by atoms with Crippen molar-refractivity contribution in [2.75, 3.05) is 0 Å². The first-order valence-electron chi connectivity index (χ1n) is 7.87. The van der Waals surface area contributed by atoms with E-state index in [4.69, 9.17) is 0 Å². The van der Waals surface area contributed by atoms with E-state index in [-0.39, 0.29) is 5.56 Å². The second-order valence-electron chi connectivity index (χ2n) is 6.18. The highest BCUT2D eigenvalue weighted by Crippen LogP contribution is 2.34. The Hall–Kier alpha value is -2.48. The second kappa shape index (κ2) is 5.55. The molecule has 0 saturated carbocycles. The molecule has 7 nitrogen and oxygen atoms in total. The Labute approximate surface area is 141 Å². The molecule has 0 unspecified atom stereocenters. The summed E-state index contributed by atoms with van der Waals surface area (Å²) in [6.07, 6.45) is 6.78. The molecule has 1 aliphatic carbocycles. The van der Waals surface area contributed by atoms with Crippen LogP contribution in [0.2, 0.25) is 0 Å². The van der Waals surface area contributed by atoms with E-state index in [1.165, 1.54) is 22.2 Å². The van der Waals surface area contributed by atoms with E-state index in [1.54, 1.807) is 15.9 Å². The number of aromatic nitrogens is 5. The number of fused-ring (bicyclic) bond motifs is 3. The van der Waals surface area contributed by atoms with Gasteiger partial charge in [-0.3, -0.25) is 9.36 Å². The Balaban J connectivity index is 2.15. The lowest BCUT2D eigenvalue weighted by Gasteiger charge is -2.13. The largest absolute Gasteiger partial charge is 0.352 e. The Morgan fingerprint density at radius 2 is 1.96 bits per heavy atom. The van der Waals surface area contributed by atoms with Crippen molar-refractivity contribution in [3.8, 4) is 0 Å². The first-order chi connectivity index (χ1) is 11.6. The lowest BCUT2D eigenvalue weighted by atomic mass is 9.97. The molecule has 0 aromatic carbocycles. The summed E-state index contributed by atoms with van der Waals surface area (Å²) in [4.78, 5) is 28.0. The smallest absolute Gasteiger partial charge is 0.279 e. The fourth-order valence-corrected chi connectivity index (χ4v) is 4.64. The molecule has 0 spiro atoms. The molecule has 0 fully saturated rings. The maximum absolute atomic E-state index is 13.1. The van der Waals surface area contributed by atoms with Gasteiger partial charge in [-0.2, -0.15) is 4.68 Å². The molecule has 0 aliphatic heterocycles. The summed E-state index contributed by atoms with van der Waals surface area (Å²) in [7, 11) is 0. The third-order valence-electron chi connectivity index (χ3n) is 4.28. The van der Waals surface area contributed by atoms with Gasteiger partial charge >= 0.3 is 5.69 Å². The zero-order valence-corrected chi connectivity index (χ0v) is 14.2. The average Bonchev–Trinajstić information content (AvgIpc) is 3.18. The molecule has 0 amide bonds. The molecular weight excluding hydrogens is 326 g/mol. The molecule has 3 aromatic rings. The highest BCUT2D eigenvalue weighted by atomic mass is 32.1. The van der Waals surface area contributed by atoms with Gasteiger partial charge in [0.25, 0.3) is 5.56 Å². The van der Waals surface area contributed by atoms with Gasteiger partial charge in [0.1, 0.15) is 17.5 Å². The molecule has 3 heterocycles. The van der Waals surface area contributed by atoms with Crippen LogP contribution in [0.1, 0.15) is 30.2 Å². The summed E-state index contributed by atoms with van der Waals surface area (Å²) in [5.74, 6) is 0. The van der Waals surface area contributed by atoms with Crippen LogP contribution >= 0.6 is 11.3 Å². The number of hydrogen-bond donors (Lipinski definition) is 0. The molecule has 8 heteroatoms. The minimum absolute atomic E-state index is 0.299. The van der Waals surface area contributed by atoms with E-state index in [0.717, 1.165) is 46.3 Å². The van der Waals surface area contributed by atoms with E-state index < -0.39 is 5.69 Å². The van der Waals surface area contributed by atoms with E-state index in [9.17, 15) is 9.59 Å². The second-order valence-corrected chi connectivity index (χ2v) is 7.26. The van der Waals surface area contributed by atoms with Crippen LogP contribution in [0.4, 0.5) is 0 Å². The van der Waals surface area contributed by atoms with Crippen molar-refractivity contribution in [1.29, 1.82) is 0 Å². The first kappa shape index (κ1) is 15.1. The van der Waals surface area contributed by atoms with Crippen LogP contribution in [0.3, 0.4) is 0 Å². The molecule has 3 aromatic heterocycles. The van der Waals surface area contributed by atoms with Gasteiger partial charge in [0.15, 0.2) is 0 Å². The number of rotatable bonds is 3. The maximum atomic E-state index is 13.1. The molecule has 1 aliphatic rings. The summed E-state index contributed by atoms with van der Waals surface area (Å²) >= 11 is 1.57. The molecule has 0 radical (unpaired) electrons. The standard InChI is InChI=1S/C16H17N5O2S/c1-10(2)7-20-15-13(11-5-3-4-6-12(11)24-15)14(22)21(16(20)23)19-8-17-18-9-19/h8-9H,1,3-7H2,2H3. The topological polar surface area (TPSA) is 74.7 Å². The third-order valence-corrected chi connectivity index (χ3v) is 5.60. The predicted molar refractivity (Wildman–Crippen MR) is 92.6 cm³/mol. The van der Waals surface area contributed by atoms with Crippen LogP contribution in [0.25, 0.3) is 10.2 Å². The van der Waals surface area contributed by atoms with Gasteiger partial charge in [-0.15, -0.1) is 21.5 Å². The summed E-state index contributed by atoms with van der Waals surface area (Å²) in [5.41, 5.74) is 1.27. The third kappa shape index (κ3) is 2.17. The molecule has 0 saturated heterocycles. The Morgan fingerprint density at radius 1 is 1.25 bits per heavy atom. The highest BCUT2D eigenvalue weighted by Gasteiger charge is 2.24. The number of aryl methyl sites for hydroxylation is 2.